The summed E-state index contributed by atoms with van der Waals surface area (Å²) >= 11 is 0. The Labute approximate surface area is 310 Å². The predicted molar refractivity (Wildman–Crippen MR) is 205 cm³/mol. The van der Waals surface area contributed by atoms with Crippen molar-refractivity contribution in [3.8, 4) is 22.8 Å². The predicted octanol–water partition coefficient (Wildman–Crippen LogP) is 6.67. The van der Waals surface area contributed by atoms with Crippen LogP contribution in [0.3, 0.4) is 0 Å². The van der Waals surface area contributed by atoms with Crippen molar-refractivity contribution in [1.82, 2.24) is 19.3 Å². The van der Waals surface area contributed by atoms with E-state index >= 15 is 4.79 Å². The Hall–Kier alpha value is -5.87. The number of carbonyl (C=O) groups excluding carboxylic acids is 3. The average molecular weight is 712 g/mol. The largest absolute Gasteiger partial charge is 0.508 e. The molecule has 1 N–H and O–H groups in total. The van der Waals surface area contributed by atoms with Gasteiger partial charge in [-0.2, -0.15) is 0 Å². The Morgan fingerprint density at radius 1 is 0.811 bits per heavy atom. The van der Waals surface area contributed by atoms with Crippen LogP contribution in [0.1, 0.15) is 48.7 Å². The molecule has 10 heteroatoms. The van der Waals surface area contributed by atoms with Gasteiger partial charge in [0.2, 0.25) is 0 Å². The number of para-hydroxylation sites is 1. The lowest BCUT2D eigenvalue weighted by atomic mass is 9.89. The lowest BCUT2D eigenvalue weighted by molar-refractivity contribution is 0.0606. The number of anilines is 1. The van der Waals surface area contributed by atoms with Gasteiger partial charge in [-0.25, -0.2) is 4.79 Å². The van der Waals surface area contributed by atoms with Crippen LogP contribution in [-0.4, -0.2) is 82.6 Å². The molecule has 10 nitrogen and oxygen atoms in total. The summed E-state index contributed by atoms with van der Waals surface area (Å²) in [6.07, 6.45) is 0.890. The second-order valence-electron chi connectivity index (χ2n) is 14.3. The first-order valence-corrected chi connectivity index (χ1v) is 17.9. The number of aromatic nitrogens is 1. The Morgan fingerprint density at radius 2 is 1.51 bits per heavy atom. The van der Waals surface area contributed by atoms with Gasteiger partial charge in [-0.3, -0.25) is 9.59 Å². The summed E-state index contributed by atoms with van der Waals surface area (Å²) in [6, 6.07) is 29.7. The highest BCUT2D eigenvalue weighted by Crippen LogP contribution is 2.36. The van der Waals surface area contributed by atoms with E-state index in [2.05, 4.69) is 29.2 Å². The minimum absolute atomic E-state index is 0.0557. The van der Waals surface area contributed by atoms with Crippen molar-refractivity contribution < 1.29 is 24.2 Å². The summed E-state index contributed by atoms with van der Waals surface area (Å²) in [5, 5.41) is 9.80. The molecule has 272 valence electrons. The van der Waals surface area contributed by atoms with Gasteiger partial charge < -0.3 is 34.0 Å². The smallest absolute Gasteiger partial charge is 0.415 e. The summed E-state index contributed by atoms with van der Waals surface area (Å²) < 4.78 is 7.66. The monoisotopic (exact) mass is 711 g/mol. The number of fused-ring (bicyclic) bond motifs is 2. The van der Waals surface area contributed by atoms with Crippen molar-refractivity contribution in [1.29, 1.82) is 0 Å². The number of amides is 3. The lowest BCUT2D eigenvalue weighted by Gasteiger charge is -2.39. The fourth-order valence-electron chi connectivity index (χ4n) is 7.52. The molecule has 53 heavy (non-hydrogen) atoms. The molecule has 4 aromatic carbocycles. The number of nitrogens with zero attached hydrogens (tertiary/aromatic N) is 5. The molecule has 0 saturated carbocycles. The fourth-order valence-corrected chi connectivity index (χ4v) is 7.52. The molecule has 3 amide bonds. The Morgan fingerprint density at radius 3 is 2.23 bits per heavy atom. The highest BCUT2D eigenvalue weighted by atomic mass is 16.6. The van der Waals surface area contributed by atoms with Crippen LogP contribution in [-0.2, 0) is 33.0 Å². The number of phenolic OH excluding ortho intramolecular Hbond substituents is 1. The van der Waals surface area contributed by atoms with E-state index in [-0.39, 0.29) is 23.6 Å². The lowest BCUT2D eigenvalue weighted by Crippen LogP contribution is -2.49. The second-order valence-corrected chi connectivity index (χ2v) is 14.3. The number of rotatable bonds is 7. The first-order chi connectivity index (χ1) is 25.5. The van der Waals surface area contributed by atoms with Crippen LogP contribution >= 0.6 is 0 Å². The van der Waals surface area contributed by atoms with Gasteiger partial charge in [0.1, 0.15) is 11.5 Å². The number of likely N-dealkylation sites (N-methyl/N-ethyl adjacent to an activating group) is 1. The molecule has 1 aromatic heterocycles. The van der Waals surface area contributed by atoms with E-state index in [9.17, 15) is 14.7 Å². The number of hydrogen-bond donors (Lipinski definition) is 1. The Kier molecular flexibility index (Phi) is 9.81. The molecule has 0 unspecified atom stereocenters. The van der Waals surface area contributed by atoms with Crippen molar-refractivity contribution in [2.45, 2.75) is 38.9 Å². The third-order valence-corrected chi connectivity index (χ3v) is 10.6. The van der Waals surface area contributed by atoms with Gasteiger partial charge in [0.15, 0.2) is 0 Å². The molecule has 0 spiro atoms. The number of benzene rings is 4. The first kappa shape index (κ1) is 35.5. The molecule has 0 bridgehead atoms. The van der Waals surface area contributed by atoms with E-state index < -0.39 is 6.09 Å². The first-order valence-electron chi connectivity index (χ1n) is 17.9. The molecule has 0 aliphatic carbocycles. The van der Waals surface area contributed by atoms with Gasteiger partial charge in [0, 0.05) is 74.5 Å². The number of carbonyl (C=O) groups is 3. The molecular formula is C43H45N5O5. The van der Waals surface area contributed by atoms with E-state index in [1.165, 1.54) is 5.56 Å². The summed E-state index contributed by atoms with van der Waals surface area (Å²) in [5.74, 6) is 0.305. The van der Waals surface area contributed by atoms with Gasteiger partial charge in [0.05, 0.1) is 5.56 Å². The fraction of sp³-hybridized carbons (Fsp3) is 0.279. The Balaban J connectivity index is 1.30. The molecule has 0 radical (unpaired) electrons. The van der Waals surface area contributed by atoms with Gasteiger partial charge in [-0.05, 0) is 111 Å². The van der Waals surface area contributed by atoms with Gasteiger partial charge >= 0.3 is 6.09 Å². The molecule has 0 fully saturated rings. The highest BCUT2D eigenvalue weighted by molar-refractivity contribution is 6.08. The number of phenols is 1. The van der Waals surface area contributed by atoms with Crippen LogP contribution in [0.5, 0.6) is 11.5 Å². The molecular weight excluding hydrogens is 667 g/mol. The molecule has 0 saturated heterocycles. The van der Waals surface area contributed by atoms with Crippen molar-refractivity contribution >= 4 is 23.6 Å². The highest BCUT2D eigenvalue weighted by Gasteiger charge is 2.34. The normalized spacial score (nSPS) is 15.2. The topological polar surface area (TPSA) is 98.6 Å². The standard InChI is InChI=1S/C43H45N5O5/c1-28-37(41(50)46(5)33-15-17-35(49)18-16-33)24-40(45(28)4)38-22-30-19-20-47(43(52)53-36-13-7-6-8-14-36)25-32(30)23-39(38)42(51)48-26-31-12-10-9-11-29(31)21-34(48)27-44(2)3/h6-18,22-24,34,49H,19-21,25-27H2,1-5H3/t34-/m0/s1. The molecule has 1 atom stereocenters. The summed E-state index contributed by atoms with van der Waals surface area (Å²) in [5.41, 5.74) is 8.26. The van der Waals surface area contributed by atoms with Crippen LogP contribution in [0.15, 0.2) is 97.1 Å². The van der Waals surface area contributed by atoms with E-state index in [1.807, 2.05) is 73.9 Å². The van der Waals surface area contributed by atoms with E-state index in [4.69, 9.17) is 4.74 Å². The van der Waals surface area contributed by atoms with Crippen LogP contribution in [0.4, 0.5) is 10.5 Å². The zero-order chi connectivity index (χ0) is 37.4. The molecule has 2 aliphatic rings. The second kappa shape index (κ2) is 14.6. The number of aromatic hydroxyl groups is 1. The third kappa shape index (κ3) is 7.15. The quantitative estimate of drug-likeness (QED) is 0.203. The third-order valence-electron chi connectivity index (χ3n) is 10.6. The molecule has 7 rings (SSSR count). The van der Waals surface area contributed by atoms with Gasteiger partial charge in [0.25, 0.3) is 11.8 Å². The van der Waals surface area contributed by atoms with Crippen molar-refractivity contribution in [3.05, 3.63) is 136 Å². The van der Waals surface area contributed by atoms with E-state index in [0.29, 0.717) is 55.2 Å². The maximum absolute atomic E-state index is 15.1. The van der Waals surface area contributed by atoms with Crippen LogP contribution < -0.4 is 9.64 Å². The van der Waals surface area contributed by atoms with Crippen LogP contribution in [0.2, 0.25) is 0 Å². The van der Waals surface area contributed by atoms with Crippen molar-refractivity contribution in [2.75, 3.05) is 39.1 Å². The summed E-state index contributed by atoms with van der Waals surface area (Å²) in [7, 11) is 7.68. The maximum atomic E-state index is 15.1. The summed E-state index contributed by atoms with van der Waals surface area (Å²) in [6.45, 7) is 3.86. The van der Waals surface area contributed by atoms with E-state index in [0.717, 1.165) is 40.1 Å². The van der Waals surface area contributed by atoms with E-state index in [1.54, 1.807) is 53.2 Å². The van der Waals surface area contributed by atoms with Crippen LogP contribution in [0, 0.1) is 6.92 Å². The average Bonchev–Trinajstić information content (AvgIpc) is 3.46. The number of hydrogen-bond acceptors (Lipinski definition) is 6. The maximum Gasteiger partial charge on any atom is 0.415 e. The minimum atomic E-state index is -0.434. The zero-order valence-corrected chi connectivity index (χ0v) is 30.9. The van der Waals surface area contributed by atoms with Gasteiger partial charge in [-0.1, -0.05) is 42.5 Å². The molecule has 5 aromatic rings. The van der Waals surface area contributed by atoms with Crippen LogP contribution in [0.25, 0.3) is 11.3 Å². The number of ether oxygens (including phenoxy) is 1. The molecule has 3 heterocycles. The zero-order valence-electron chi connectivity index (χ0n) is 30.9. The van der Waals surface area contributed by atoms with Crippen molar-refractivity contribution in [3.63, 3.8) is 0 Å². The Bertz CT molecular complexity index is 2180. The van der Waals surface area contributed by atoms with Gasteiger partial charge in [-0.15, -0.1) is 0 Å². The van der Waals surface area contributed by atoms with Crippen molar-refractivity contribution in [2.24, 2.45) is 7.05 Å². The molecule has 2 aliphatic heterocycles. The SMILES string of the molecule is Cc1c(C(=O)N(C)c2ccc(O)cc2)cc(-c2cc3c(cc2C(=O)N2Cc4ccccc4C[C@H]2CN(C)C)CN(C(=O)Oc2ccccc2)CC3)n1C. The minimum Gasteiger partial charge on any atom is -0.508 e. The summed E-state index contributed by atoms with van der Waals surface area (Å²) in [4.78, 5) is 49.7.